The Balaban J connectivity index is 1.81. The Labute approximate surface area is 157 Å². The minimum atomic E-state index is -0.689. The maximum Gasteiger partial charge on any atom is 0.345 e. The van der Waals surface area contributed by atoms with Crippen molar-refractivity contribution in [2.45, 2.75) is 50.5 Å². The van der Waals surface area contributed by atoms with E-state index in [2.05, 4.69) is 27.8 Å². The van der Waals surface area contributed by atoms with E-state index in [-0.39, 0.29) is 6.03 Å². The molecule has 2 fully saturated rings. The van der Waals surface area contributed by atoms with E-state index >= 15 is 0 Å². The summed E-state index contributed by atoms with van der Waals surface area (Å²) in [5, 5.41) is 10.0. The van der Waals surface area contributed by atoms with Crippen LogP contribution in [-0.4, -0.2) is 40.6 Å². The van der Waals surface area contributed by atoms with Gasteiger partial charge in [-0.15, -0.1) is 0 Å². The van der Waals surface area contributed by atoms with Crippen LogP contribution in [0.2, 0.25) is 0 Å². The Kier molecular flexibility index (Phi) is 4.95. The number of aliphatic hydroxyl groups is 1. The molecule has 1 aromatic carbocycles. The van der Waals surface area contributed by atoms with Crippen molar-refractivity contribution in [3.8, 4) is 0 Å². The smallest absolute Gasteiger partial charge is 0.345 e. The van der Waals surface area contributed by atoms with Crippen molar-refractivity contribution in [1.82, 2.24) is 4.90 Å². The molecule has 0 radical (unpaired) electrons. The lowest BCUT2D eigenvalue weighted by molar-refractivity contribution is 0.00531. The summed E-state index contributed by atoms with van der Waals surface area (Å²) in [6.07, 6.45) is 3.34. The molecule has 1 aliphatic carbocycles. The van der Waals surface area contributed by atoms with Crippen molar-refractivity contribution in [3.63, 3.8) is 0 Å². The van der Waals surface area contributed by atoms with Crippen molar-refractivity contribution in [2.75, 3.05) is 13.1 Å². The molecule has 2 aliphatic rings. The maximum atomic E-state index is 12.6. The Morgan fingerprint density at radius 2 is 1.88 bits per heavy atom. The number of hydrogen-bond acceptors (Lipinski definition) is 2. The van der Waals surface area contributed by atoms with Crippen molar-refractivity contribution in [2.24, 2.45) is 16.6 Å². The van der Waals surface area contributed by atoms with E-state index in [0.717, 1.165) is 22.9 Å². The van der Waals surface area contributed by atoms with Gasteiger partial charge >= 0.3 is 6.03 Å². The van der Waals surface area contributed by atoms with E-state index in [1.807, 2.05) is 31.2 Å². The van der Waals surface area contributed by atoms with Gasteiger partial charge in [0.05, 0.1) is 11.0 Å². The van der Waals surface area contributed by atoms with Gasteiger partial charge in [-0.25, -0.2) is 4.79 Å². The summed E-state index contributed by atoms with van der Waals surface area (Å²) < 4.78 is 1.02. The van der Waals surface area contributed by atoms with Crippen LogP contribution in [0.1, 0.15) is 45.1 Å². The number of amidine groups is 1. The van der Waals surface area contributed by atoms with Gasteiger partial charge in [-0.2, -0.15) is 4.99 Å². The second kappa shape index (κ2) is 6.72. The molecular weight excluding hydrogens is 382 g/mol. The molecule has 3 N–H and O–H groups in total. The van der Waals surface area contributed by atoms with Gasteiger partial charge < -0.3 is 15.7 Å². The highest BCUT2D eigenvalue weighted by atomic mass is 79.9. The molecule has 1 saturated carbocycles. The molecule has 1 atom stereocenters. The lowest BCUT2D eigenvalue weighted by Gasteiger charge is -2.35. The number of halogens is 1. The normalized spacial score (nSPS) is 23.2. The van der Waals surface area contributed by atoms with Gasteiger partial charge in [-0.3, -0.25) is 0 Å². The summed E-state index contributed by atoms with van der Waals surface area (Å²) in [5.74, 6) is 0.812. The zero-order valence-electron chi connectivity index (χ0n) is 14.8. The predicted octanol–water partition coefficient (Wildman–Crippen LogP) is 3.44. The van der Waals surface area contributed by atoms with E-state index in [1.54, 1.807) is 4.90 Å². The van der Waals surface area contributed by atoms with Gasteiger partial charge in [0.2, 0.25) is 0 Å². The van der Waals surface area contributed by atoms with E-state index in [1.165, 1.54) is 0 Å². The predicted molar refractivity (Wildman–Crippen MR) is 103 cm³/mol. The Bertz CT molecular complexity index is 672. The highest BCUT2D eigenvalue weighted by Gasteiger charge is 2.46. The Morgan fingerprint density at radius 3 is 2.40 bits per heavy atom. The molecule has 1 unspecified atom stereocenters. The van der Waals surface area contributed by atoms with Gasteiger partial charge in [0.25, 0.3) is 0 Å². The van der Waals surface area contributed by atoms with Crippen molar-refractivity contribution >= 4 is 27.8 Å². The molecular formula is C19H26BrN3O2. The minimum absolute atomic E-state index is 0.294. The SMILES string of the molecule is CC1(O)CCN(C(=O)N=C(N)C(C)(c2ccc(Br)cc2)C2CC2)CC1. The van der Waals surface area contributed by atoms with E-state index in [9.17, 15) is 9.90 Å². The Morgan fingerprint density at radius 1 is 1.32 bits per heavy atom. The fourth-order valence-corrected chi connectivity index (χ4v) is 3.78. The van der Waals surface area contributed by atoms with Crippen LogP contribution in [0.15, 0.2) is 33.7 Å². The highest BCUT2D eigenvalue weighted by Crippen LogP contribution is 2.47. The molecule has 136 valence electrons. The zero-order valence-corrected chi connectivity index (χ0v) is 16.4. The fourth-order valence-electron chi connectivity index (χ4n) is 3.52. The minimum Gasteiger partial charge on any atom is -0.390 e. The van der Waals surface area contributed by atoms with Crippen LogP contribution in [0, 0.1) is 5.92 Å². The molecule has 25 heavy (non-hydrogen) atoms. The quantitative estimate of drug-likeness (QED) is 0.594. The average molecular weight is 408 g/mol. The number of benzene rings is 1. The van der Waals surface area contributed by atoms with Crippen LogP contribution in [0.3, 0.4) is 0 Å². The highest BCUT2D eigenvalue weighted by molar-refractivity contribution is 9.10. The summed E-state index contributed by atoms with van der Waals surface area (Å²) in [6, 6.07) is 7.80. The molecule has 1 aromatic rings. The molecule has 0 bridgehead atoms. The first-order chi connectivity index (χ1) is 11.7. The summed E-state index contributed by atoms with van der Waals surface area (Å²) in [6.45, 7) is 4.92. The third kappa shape index (κ3) is 3.90. The molecule has 3 rings (SSSR count). The molecule has 5 nitrogen and oxygen atoms in total. The van der Waals surface area contributed by atoms with Crippen LogP contribution in [0.4, 0.5) is 4.79 Å². The van der Waals surface area contributed by atoms with Crippen LogP contribution in [-0.2, 0) is 5.41 Å². The van der Waals surface area contributed by atoms with E-state index in [4.69, 9.17) is 5.73 Å². The number of piperidine rings is 1. The summed E-state index contributed by atoms with van der Waals surface area (Å²) >= 11 is 3.46. The van der Waals surface area contributed by atoms with Gasteiger partial charge in [0.15, 0.2) is 0 Å². The van der Waals surface area contributed by atoms with Crippen LogP contribution >= 0.6 is 15.9 Å². The van der Waals surface area contributed by atoms with Gasteiger partial charge in [0, 0.05) is 17.6 Å². The van der Waals surface area contributed by atoms with Crippen LogP contribution < -0.4 is 5.73 Å². The number of carbonyl (C=O) groups excluding carboxylic acids is 1. The van der Waals surface area contributed by atoms with Gasteiger partial charge in [0.1, 0.15) is 5.84 Å². The molecule has 6 heteroatoms. The van der Waals surface area contributed by atoms with Crippen LogP contribution in [0.25, 0.3) is 0 Å². The standard InChI is InChI=1S/C19H26BrN3O2/c1-18(25)9-11-23(12-10-18)17(24)22-16(21)19(2,13-3-4-13)14-5-7-15(20)8-6-14/h5-8,13,25H,3-4,9-12H2,1-2H3,(H2,21,22,24). The summed E-state index contributed by atoms with van der Waals surface area (Å²) in [7, 11) is 0. The van der Waals surface area contributed by atoms with Crippen molar-refractivity contribution < 1.29 is 9.90 Å². The number of amides is 2. The maximum absolute atomic E-state index is 12.6. The first kappa shape index (κ1) is 18.4. The fraction of sp³-hybridized carbons (Fsp3) is 0.579. The summed E-state index contributed by atoms with van der Waals surface area (Å²) in [5.41, 5.74) is 6.35. The number of carbonyl (C=O) groups is 1. The van der Waals surface area contributed by atoms with E-state index < -0.39 is 11.0 Å². The topological polar surface area (TPSA) is 78.9 Å². The number of rotatable bonds is 3. The second-order valence-electron chi connectivity index (χ2n) is 7.75. The molecule has 0 spiro atoms. The lowest BCUT2D eigenvalue weighted by Crippen LogP contribution is -2.46. The number of likely N-dealkylation sites (tertiary alicyclic amines) is 1. The van der Waals surface area contributed by atoms with E-state index in [0.29, 0.717) is 37.7 Å². The molecule has 2 amide bonds. The molecule has 1 aliphatic heterocycles. The second-order valence-corrected chi connectivity index (χ2v) is 8.66. The third-order valence-electron chi connectivity index (χ3n) is 5.70. The number of urea groups is 1. The zero-order chi connectivity index (χ0) is 18.2. The first-order valence-electron chi connectivity index (χ1n) is 8.84. The monoisotopic (exact) mass is 407 g/mol. The largest absolute Gasteiger partial charge is 0.390 e. The lowest BCUT2D eigenvalue weighted by atomic mass is 9.77. The first-order valence-corrected chi connectivity index (χ1v) is 9.64. The van der Waals surface area contributed by atoms with Crippen molar-refractivity contribution in [3.05, 3.63) is 34.3 Å². The van der Waals surface area contributed by atoms with Crippen LogP contribution in [0.5, 0.6) is 0 Å². The van der Waals surface area contributed by atoms with Crippen molar-refractivity contribution in [1.29, 1.82) is 0 Å². The third-order valence-corrected chi connectivity index (χ3v) is 6.23. The Hall–Kier alpha value is -1.40. The number of nitrogens with zero attached hydrogens (tertiary/aromatic N) is 2. The number of nitrogens with two attached hydrogens (primary N) is 1. The van der Waals surface area contributed by atoms with Gasteiger partial charge in [-0.05, 0) is 63.1 Å². The summed E-state index contributed by atoms with van der Waals surface area (Å²) in [4.78, 5) is 18.5. The number of hydrogen-bond donors (Lipinski definition) is 2. The average Bonchev–Trinajstić information content (AvgIpc) is 3.39. The molecule has 0 aromatic heterocycles. The molecule has 1 saturated heterocycles. The number of aliphatic imine (C=N–C) groups is 1. The van der Waals surface area contributed by atoms with Gasteiger partial charge in [-0.1, -0.05) is 28.1 Å². The molecule has 1 heterocycles.